The quantitative estimate of drug-likeness (QED) is 0.646. The van der Waals surface area contributed by atoms with Crippen molar-refractivity contribution in [2.45, 2.75) is 19.9 Å². The molecule has 28 heavy (non-hydrogen) atoms. The number of nitrogens with zero attached hydrogens (tertiary/aromatic N) is 3. The van der Waals surface area contributed by atoms with Gasteiger partial charge in [0.2, 0.25) is 0 Å². The van der Waals surface area contributed by atoms with Crippen LogP contribution in [0.25, 0.3) is 0 Å². The number of aryl methyl sites for hydroxylation is 1. The molecule has 0 fully saturated rings. The summed E-state index contributed by atoms with van der Waals surface area (Å²) < 4.78 is 0. The van der Waals surface area contributed by atoms with Crippen LogP contribution in [0, 0.1) is 6.92 Å². The number of anilines is 1. The summed E-state index contributed by atoms with van der Waals surface area (Å²) in [5, 5.41) is 4.00. The van der Waals surface area contributed by atoms with E-state index >= 15 is 0 Å². The van der Waals surface area contributed by atoms with E-state index in [1.54, 1.807) is 24.9 Å². The third-order valence-corrected chi connectivity index (χ3v) is 4.51. The number of carbonyl (C=O) groups excluding carboxylic acids is 1. The summed E-state index contributed by atoms with van der Waals surface area (Å²) in [6.07, 6.45) is 0.806. The van der Waals surface area contributed by atoms with Gasteiger partial charge in [0.1, 0.15) is 17.3 Å². The minimum absolute atomic E-state index is 0.132. The van der Waals surface area contributed by atoms with Crippen LogP contribution in [0.15, 0.2) is 60.7 Å². The molecule has 0 aliphatic carbocycles. The number of hydrogen-bond donors (Lipinski definition) is 1. The number of hydrogen-bond acceptors (Lipinski definition) is 4. The van der Waals surface area contributed by atoms with E-state index in [0.29, 0.717) is 30.4 Å². The van der Waals surface area contributed by atoms with Gasteiger partial charge >= 0.3 is 0 Å². The third-order valence-electron chi connectivity index (χ3n) is 4.28. The average Bonchev–Trinajstić information content (AvgIpc) is 2.68. The molecule has 1 amide bonds. The van der Waals surface area contributed by atoms with Gasteiger partial charge in [-0.05, 0) is 36.6 Å². The highest BCUT2D eigenvalue weighted by Gasteiger charge is 2.15. The molecule has 3 aromatic rings. The minimum Gasteiger partial charge on any atom is -0.370 e. The fraction of sp³-hybridized carbons (Fsp3) is 0.227. The molecule has 0 spiro atoms. The van der Waals surface area contributed by atoms with Gasteiger partial charge in [-0.1, -0.05) is 54.1 Å². The zero-order valence-corrected chi connectivity index (χ0v) is 16.8. The van der Waals surface area contributed by atoms with E-state index in [4.69, 9.17) is 11.6 Å². The SMILES string of the molecule is Cc1nc(NCCc2cccc(Cl)c2)cc(C(=O)N(C)Cc2ccccc2)n1. The summed E-state index contributed by atoms with van der Waals surface area (Å²) in [6, 6.07) is 19.4. The predicted molar refractivity (Wildman–Crippen MR) is 113 cm³/mol. The topological polar surface area (TPSA) is 58.1 Å². The van der Waals surface area contributed by atoms with Gasteiger partial charge in [-0.2, -0.15) is 0 Å². The van der Waals surface area contributed by atoms with Crippen LogP contribution < -0.4 is 5.32 Å². The van der Waals surface area contributed by atoms with Crippen molar-refractivity contribution in [2.24, 2.45) is 0 Å². The summed E-state index contributed by atoms with van der Waals surface area (Å²) in [4.78, 5) is 23.1. The fourth-order valence-corrected chi connectivity index (χ4v) is 3.13. The highest BCUT2D eigenvalue weighted by molar-refractivity contribution is 6.30. The number of rotatable bonds is 7. The van der Waals surface area contributed by atoms with Crippen LogP contribution in [-0.2, 0) is 13.0 Å². The monoisotopic (exact) mass is 394 g/mol. The molecule has 1 N–H and O–H groups in total. The molecule has 0 radical (unpaired) electrons. The highest BCUT2D eigenvalue weighted by Crippen LogP contribution is 2.13. The largest absolute Gasteiger partial charge is 0.370 e. The molecule has 0 saturated carbocycles. The lowest BCUT2D eigenvalue weighted by Crippen LogP contribution is -2.27. The van der Waals surface area contributed by atoms with Gasteiger partial charge in [0.15, 0.2) is 0 Å². The van der Waals surface area contributed by atoms with Gasteiger partial charge < -0.3 is 10.2 Å². The molecule has 6 heteroatoms. The Bertz CT molecular complexity index is 946. The molecule has 144 valence electrons. The minimum atomic E-state index is -0.132. The second-order valence-corrected chi connectivity index (χ2v) is 7.08. The Balaban J connectivity index is 1.64. The van der Waals surface area contributed by atoms with Gasteiger partial charge in [-0.3, -0.25) is 4.79 Å². The van der Waals surface area contributed by atoms with Crippen molar-refractivity contribution >= 4 is 23.3 Å². The standard InChI is InChI=1S/C22H23ClN4O/c1-16-25-20(22(28)27(2)15-18-7-4-3-5-8-18)14-21(26-16)24-12-11-17-9-6-10-19(23)13-17/h3-10,13-14H,11-12,15H2,1-2H3,(H,24,25,26). The number of halogens is 1. The Morgan fingerprint density at radius 3 is 2.54 bits per heavy atom. The van der Waals surface area contributed by atoms with Crippen molar-refractivity contribution in [1.29, 1.82) is 0 Å². The molecule has 0 atom stereocenters. The first-order chi connectivity index (χ1) is 13.5. The van der Waals surface area contributed by atoms with E-state index in [9.17, 15) is 4.79 Å². The Kier molecular flexibility index (Phi) is 6.61. The van der Waals surface area contributed by atoms with Gasteiger partial charge in [-0.25, -0.2) is 9.97 Å². The second kappa shape index (κ2) is 9.33. The Morgan fingerprint density at radius 1 is 1.04 bits per heavy atom. The summed E-state index contributed by atoms with van der Waals surface area (Å²) in [5.74, 6) is 1.07. The maximum absolute atomic E-state index is 12.8. The van der Waals surface area contributed by atoms with Gasteiger partial charge in [0.05, 0.1) is 0 Å². The number of amides is 1. The molecule has 2 aromatic carbocycles. The Morgan fingerprint density at radius 2 is 1.79 bits per heavy atom. The third kappa shape index (κ3) is 5.54. The first-order valence-corrected chi connectivity index (χ1v) is 9.52. The number of benzene rings is 2. The van der Waals surface area contributed by atoms with E-state index in [1.807, 2.05) is 54.6 Å². The molecule has 3 rings (SSSR count). The smallest absolute Gasteiger partial charge is 0.272 e. The summed E-state index contributed by atoms with van der Waals surface area (Å²) in [5.41, 5.74) is 2.60. The molecule has 0 aliphatic heterocycles. The van der Waals surface area contributed by atoms with Crippen LogP contribution in [-0.4, -0.2) is 34.4 Å². The van der Waals surface area contributed by atoms with Crippen molar-refractivity contribution < 1.29 is 4.79 Å². The van der Waals surface area contributed by atoms with Gasteiger partial charge in [-0.15, -0.1) is 0 Å². The van der Waals surface area contributed by atoms with Gasteiger partial charge in [0.25, 0.3) is 5.91 Å². The lowest BCUT2D eigenvalue weighted by atomic mass is 10.1. The molecule has 1 aromatic heterocycles. The molecule has 0 aliphatic rings. The average molecular weight is 395 g/mol. The molecule has 0 bridgehead atoms. The van der Waals surface area contributed by atoms with E-state index in [-0.39, 0.29) is 5.91 Å². The lowest BCUT2D eigenvalue weighted by Gasteiger charge is -2.17. The van der Waals surface area contributed by atoms with Crippen LogP contribution >= 0.6 is 11.6 Å². The first-order valence-electron chi connectivity index (χ1n) is 9.14. The zero-order chi connectivity index (χ0) is 19.9. The number of nitrogens with one attached hydrogen (secondary N) is 1. The van der Waals surface area contributed by atoms with E-state index < -0.39 is 0 Å². The van der Waals surface area contributed by atoms with Crippen LogP contribution in [0.5, 0.6) is 0 Å². The number of aromatic nitrogens is 2. The maximum Gasteiger partial charge on any atom is 0.272 e. The van der Waals surface area contributed by atoms with Crippen molar-refractivity contribution in [3.05, 3.63) is 88.3 Å². The lowest BCUT2D eigenvalue weighted by molar-refractivity contribution is 0.0779. The fourth-order valence-electron chi connectivity index (χ4n) is 2.92. The summed E-state index contributed by atoms with van der Waals surface area (Å²) in [7, 11) is 1.78. The van der Waals surface area contributed by atoms with E-state index in [0.717, 1.165) is 22.6 Å². The summed E-state index contributed by atoms with van der Waals surface area (Å²) in [6.45, 7) is 3.00. The second-order valence-electron chi connectivity index (χ2n) is 6.64. The first kappa shape index (κ1) is 19.8. The zero-order valence-electron chi connectivity index (χ0n) is 16.0. The molecule has 0 saturated heterocycles. The van der Waals surface area contributed by atoms with E-state index in [1.165, 1.54) is 0 Å². The van der Waals surface area contributed by atoms with Crippen molar-refractivity contribution in [1.82, 2.24) is 14.9 Å². The maximum atomic E-state index is 12.8. The molecule has 0 unspecified atom stereocenters. The molecular weight excluding hydrogens is 372 g/mol. The molecular formula is C22H23ClN4O. The van der Waals surface area contributed by atoms with Crippen LogP contribution in [0.4, 0.5) is 5.82 Å². The highest BCUT2D eigenvalue weighted by atomic mass is 35.5. The van der Waals surface area contributed by atoms with Crippen molar-refractivity contribution in [2.75, 3.05) is 18.9 Å². The normalized spacial score (nSPS) is 10.5. The van der Waals surface area contributed by atoms with Crippen molar-refractivity contribution in [3.8, 4) is 0 Å². The predicted octanol–water partition coefficient (Wildman–Crippen LogP) is 4.37. The van der Waals surface area contributed by atoms with Crippen molar-refractivity contribution in [3.63, 3.8) is 0 Å². The van der Waals surface area contributed by atoms with Crippen LogP contribution in [0.1, 0.15) is 27.4 Å². The van der Waals surface area contributed by atoms with Crippen LogP contribution in [0.2, 0.25) is 5.02 Å². The molecule has 5 nitrogen and oxygen atoms in total. The molecule has 1 heterocycles. The van der Waals surface area contributed by atoms with Gasteiger partial charge in [0, 0.05) is 31.2 Å². The summed E-state index contributed by atoms with van der Waals surface area (Å²) >= 11 is 6.02. The Labute approximate surface area is 170 Å². The van der Waals surface area contributed by atoms with Crippen LogP contribution in [0.3, 0.4) is 0 Å². The number of carbonyl (C=O) groups is 1. The Hall–Kier alpha value is -2.92. The van der Waals surface area contributed by atoms with E-state index in [2.05, 4.69) is 15.3 Å².